The standard InChI is InChI=1S/C19H26N2O/c1-5-21(6-2)17-13-22-20-18(17)19(4)12-14(3)11-15-9-7-8-10-16(15)19/h7-10,13-14H,5-6,11-12H2,1-4H3. The predicted molar refractivity (Wildman–Crippen MR) is 90.4 cm³/mol. The van der Waals surface area contributed by atoms with Crippen molar-refractivity contribution < 1.29 is 4.52 Å². The van der Waals surface area contributed by atoms with Crippen LogP contribution in [0, 0.1) is 5.92 Å². The van der Waals surface area contributed by atoms with Gasteiger partial charge >= 0.3 is 0 Å². The van der Waals surface area contributed by atoms with Crippen LogP contribution in [0.25, 0.3) is 0 Å². The normalized spacial score (nSPS) is 24.1. The van der Waals surface area contributed by atoms with Gasteiger partial charge in [-0.25, -0.2) is 0 Å². The maximum atomic E-state index is 5.41. The van der Waals surface area contributed by atoms with Crippen LogP contribution in [0.2, 0.25) is 0 Å². The molecule has 22 heavy (non-hydrogen) atoms. The molecule has 0 bridgehead atoms. The quantitative estimate of drug-likeness (QED) is 0.837. The third kappa shape index (κ3) is 2.33. The van der Waals surface area contributed by atoms with Crippen LogP contribution >= 0.6 is 0 Å². The molecule has 3 heteroatoms. The van der Waals surface area contributed by atoms with Crippen molar-refractivity contribution >= 4 is 5.69 Å². The first-order valence-corrected chi connectivity index (χ1v) is 8.38. The van der Waals surface area contributed by atoms with Crippen molar-refractivity contribution in [2.24, 2.45) is 5.92 Å². The summed E-state index contributed by atoms with van der Waals surface area (Å²) in [5.41, 5.74) is 5.04. The zero-order chi connectivity index (χ0) is 15.7. The van der Waals surface area contributed by atoms with Gasteiger partial charge in [0.2, 0.25) is 0 Å². The van der Waals surface area contributed by atoms with Crippen molar-refractivity contribution in [3.8, 4) is 0 Å². The Bertz CT molecular complexity index is 644. The average molecular weight is 298 g/mol. The Labute approximate surface area is 133 Å². The van der Waals surface area contributed by atoms with Gasteiger partial charge in [-0.05, 0) is 50.7 Å². The summed E-state index contributed by atoms with van der Waals surface area (Å²) in [5, 5.41) is 4.45. The van der Waals surface area contributed by atoms with E-state index >= 15 is 0 Å². The van der Waals surface area contributed by atoms with Crippen LogP contribution in [-0.4, -0.2) is 18.2 Å². The van der Waals surface area contributed by atoms with E-state index in [2.05, 4.69) is 62.0 Å². The molecule has 0 saturated carbocycles. The number of aromatic nitrogens is 1. The minimum absolute atomic E-state index is 0.0703. The Balaban J connectivity index is 2.13. The van der Waals surface area contributed by atoms with E-state index in [0.29, 0.717) is 5.92 Å². The zero-order valence-electron chi connectivity index (χ0n) is 14.1. The molecular weight excluding hydrogens is 272 g/mol. The first kappa shape index (κ1) is 15.1. The molecule has 0 fully saturated rings. The Kier molecular flexibility index (Phi) is 3.98. The molecule has 2 atom stereocenters. The Morgan fingerprint density at radius 1 is 1.27 bits per heavy atom. The largest absolute Gasteiger partial charge is 0.368 e. The SMILES string of the molecule is CCN(CC)c1conc1C1(C)CC(C)Cc2ccccc21. The zero-order valence-corrected chi connectivity index (χ0v) is 14.1. The number of benzene rings is 1. The van der Waals surface area contributed by atoms with Gasteiger partial charge in [0, 0.05) is 18.5 Å². The molecule has 3 rings (SSSR count). The highest BCUT2D eigenvalue weighted by Crippen LogP contribution is 2.46. The van der Waals surface area contributed by atoms with Gasteiger partial charge in [0.25, 0.3) is 0 Å². The van der Waals surface area contributed by atoms with Gasteiger partial charge in [0.1, 0.15) is 17.6 Å². The third-order valence-electron chi connectivity index (χ3n) is 5.11. The number of rotatable bonds is 4. The van der Waals surface area contributed by atoms with Crippen LogP contribution in [-0.2, 0) is 11.8 Å². The molecule has 2 aromatic rings. The topological polar surface area (TPSA) is 29.3 Å². The second-order valence-corrected chi connectivity index (χ2v) is 6.72. The number of hydrogen-bond donors (Lipinski definition) is 0. The monoisotopic (exact) mass is 298 g/mol. The van der Waals surface area contributed by atoms with E-state index in [0.717, 1.165) is 37.3 Å². The Morgan fingerprint density at radius 3 is 2.73 bits per heavy atom. The summed E-state index contributed by atoms with van der Waals surface area (Å²) in [4.78, 5) is 2.33. The minimum atomic E-state index is -0.0703. The summed E-state index contributed by atoms with van der Waals surface area (Å²) in [5.74, 6) is 0.654. The second-order valence-electron chi connectivity index (χ2n) is 6.72. The lowest BCUT2D eigenvalue weighted by Gasteiger charge is -2.39. The highest BCUT2D eigenvalue weighted by molar-refractivity contribution is 5.56. The minimum Gasteiger partial charge on any atom is -0.368 e. The van der Waals surface area contributed by atoms with Crippen LogP contribution in [0.4, 0.5) is 5.69 Å². The van der Waals surface area contributed by atoms with Crippen molar-refractivity contribution in [3.05, 3.63) is 47.3 Å². The molecule has 118 valence electrons. The molecule has 0 saturated heterocycles. The fourth-order valence-corrected chi connectivity index (χ4v) is 4.12. The van der Waals surface area contributed by atoms with E-state index in [4.69, 9.17) is 4.52 Å². The highest BCUT2D eigenvalue weighted by Gasteiger charge is 2.41. The second kappa shape index (κ2) is 5.79. The Morgan fingerprint density at radius 2 is 2.00 bits per heavy atom. The van der Waals surface area contributed by atoms with Crippen molar-refractivity contribution in [3.63, 3.8) is 0 Å². The molecule has 1 aliphatic carbocycles. The van der Waals surface area contributed by atoms with Crippen molar-refractivity contribution in [2.45, 2.75) is 46.0 Å². The van der Waals surface area contributed by atoms with Gasteiger partial charge in [-0.15, -0.1) is 0 Å². The number of hydrogen-bond acceptors (Lipinski definition) is 3. The number of nitrogens with zero attached hydrogens (tertiary/aromatic N) is 2. The number of fused-ring (bicyclic) bond motifs is 1. The number of anilines is 1. The maximum absolute atomic E-state index is 5.41. The fourth-order valence-electron chi connectivity index (χ4n) is 4.12. The molecule has 1 aliphatic rings. The van der Waals surface area contributed by atoms with Crippen molar-refractivity contribution in [1.82, 2.24) is 5.16 Å². The molecule has 1 heterocycles. The molecule has 1 aromatic carbocycles. The van der Waals surface area contributed by atoms with Crippen LogP contribution in [0.5, 0.6) is 0 Å². The molecule has 0 amide bonds. The lowest BCUT2D eigenvalue weighted by molar-refractivity contribution is 0.337. The molecule has 0 aliphatic heterocycles. The van der Waals surface area contributed by atoms with E-state index < -0.39 is 0 Å². The van der Waals surface area contributed by atoms with E-state index in [1.807, 2.05) is 6.26 Å². The summed E-state index contributed by atoms with van der Waals surface area (Å²) >= 11 is 0. The van der Waals surface area contributed by atoms with E-state index in [9.17, 15) is 0 Å². The van der Waals surface area contributed by atoms with E-state index in [1.165, 1.54) is 11.1 Å². The van der Waals surface area contributed by atoms with Gasteiger partial charge in [0.05, 0.1) is 0 Å². The molecule has 1 aromatic heterocycles. The van der Waals surface area contributed by atoms with Gasteiger partial charge in [0.15, 0.2) is 0 Å². The van der Waals surface area contributed by atoms with Crippen LogP contribution in [0.3, 0.4) is 0 Å². The smallest absolute Gasteiger partial charge is 0.147 e. The summed E-state index contributed by atoms with van der Waals surface area (Å²) in [7, 11) is 0. The average Bonchev–Trinajstić information content (AvgIpc) is 2.98. The van der Waals surface area contributed by atoms with E-state index in [-0.39, 0.29) is 5.41 Å². The molecular formula is C19H26N2O. The first-order chi connectivity index (χ1) is 10.6. The summed E-state index contributed by atoms with van der Waals surface area (Å²) in [6, 6.07) is 8.82. The van der Waals surface area contributed by atoms with Crippen LogP contribution in [0.1, 0.15) is 50.9 Å². The summed E-state index contributed by atoms with van der Waals surface area (Å²) < 4.78 is 5.41. The van der Waals surface area contributed by atoms with Gasteiger partial charge < -0.3 is 9.42 Å². The van der Waals surface area contributed by atoms with E-state index in [1.54, 1.807) is 0 Å². The fraction of sp³-hybridized carbons (Fsp3) is 0.526. The molecule has 3 nitrogen and oxygen atoms in total. The van der Waals surface area contributed by atoms with Crippen LogP contribution in [0.15, 0.2) is 35.1 Å². The lowest BCUT2D eigenvalue weighted by Crippen LogP contribution is -2.35. The van der Waals surface area contributed by atoms with Gasteiger partial charge in [-0.2, -0.15) is 0 Å². The molecule has 0 radical (unpaired) electrons. The van der Waals surface area contributed by atoms with Crippen molar-refractivity contribution in [1.29, 1.82) is 0 Å². The summed E-state index contributed by atoms with van der Waals surface area (Å²) in [6.45, 7) is 11.0. The first-order valence-electron chi connectivity index (χ1n) is 8.38. The summed E-state index contributed by atoms with van der Waals surface area (Å²) in [6.07, 6.45) is 4.09. The van der Waals surface area contributed by atoms with Crippen molar-refractivity contribution in [2.75, 3.05) is 18.0 Å². The predicted octanol–water partition coefficient (Wildman–Crippen LogP) is 4.41. The third-order valence-corrected chi connectivity index (χ3v) is 5.11. The van der Waals surface area contributed by atoms with Gasteiger partial charge in [-0.1, -0.05) is 36.3 Å². The molecule has 0 N–H and O–H groups in total. The lowest BCUT2D eigenvalue weighted by atomic mass is 9.66. The van der Waals surface area contributed by atoms with Crippen LogP contribution < -0.4 is 4.90 Å². The van der Waals surface area contributed by atoms with Gasteiger partial charge in [-0.3, -0.25) is 0 Å². The Hall–Kier alpha value is -1.77. The molecule has 0 spiro atoms. The maximum Gasteiger partial charge on any atom is 0.147 e. The highest BCUT2D eigenvalue weighted by atomic mass is 16.5. The molecule has 2 unspecified atom stereocenters.